The standard InChI is InChI=1S/C13H19N5/c1-2-17-8-4-6-11(17)13-16-15-12-7-3-5-10(9-14)18(12)13/h3,5,7,11H,2,4,6,8-9,14H2,1H3. The van der Waals surface area contributed by atoms with Crippen molar-refractivity contribution in [3.8, 4) is 0 Å². The van der Waals surface area contributed by atoms with Gasteiger partial charge >= 0.3 is 0 Å². The lowest BCUT2D eigenvalue weighted by atomic mass is 10.2. The number of hydrogen-bond donors (Lipinski definition) is 1. The minimum absolute atomic E-state index is 0.387. The Morgan fingerprint density at radius 2 is 2.28 bits per heavy atom. The average molecular weight is 245 g/mol. The fourth-order valence-corrected chi connectivity index (χ4v) is 2.90. The first kappa shape index (κ1) is 11.6. The summed E-state index contributed by atoms with van der Waals surface area (Å²) in [5, 5.41) is 8.67. The molecule has 0 amide bonds. The van der Waals surface area contributed by atoms with Crippen LogP contribution in [0.1, 0.15) is 37.3 Å². The zero-order valence-electron chi connectivity index (χ0n) is 10.7. The van der Waals surface area contributed by atoms with E-state index < -0.39 is 0 Å². The predicted molar refractivity (Wildman–Crippen MR) is 70.1 cm³/mol. The van der Waals surface area contributed by atoms with Crippen molar-refractivity contribution < 1.29 is 0 Å². The minimum atomic E-state index is 0.387. The van der Waals surface area contributed by atoms with E-state index in [4.69, 9.17) is 5.73 Å². The van der Waals surface area contributed by atoms with Crippen molar-refractivity contribution in [2.45, 2.75) is 32.4 Å². The normalized spacial score (nSPS) is 20.9. The van der Waals surface area contributed by atoms with Gasteiger partial charge in [0.15, 0.2) is 11.5 Å². The number of nitrogens with zero attached hydrogens (tertiary/aromatic N) is 4. The van der Waals surface area contributed by atoms with Crippen LogP contribution in [-0.4, -0.2) is 32.6 Å². The van der Waals surface area contributed by atoms with Gasteiger partial charge in [-0.05, 0) is 38.1 Å². The third-order valence-electron chi connectivity index (χ3n) is 3.81. The second-order valence-electron chi connectivity index (χ2n) is 4.76. The van der Waals surface area contributed by atoms with E-state index in [-0.39, 0.29) is 0 Å². The van der Waals surface area contributed by atoms with Gasteiger partial charge in [0.2, 0.25) is 0 Å². The van der Waals surface area contributed by atoms with Crippen LogP contribution in [-0.2, 0) is 6.54 Å². The molecule has 1 unspecified atom stereocenters. The van der Waals surface area contributed by atoms with Crippen molar-refractivity contribution >= 4 is 5.65 Å². The van der Waals surface area contributed by atoms with Gasteiger partial charge in [0.25, 0.3) is 0 Å². The highest BCUT2D eigenvalue weighted by Crippen LogP contribution is 2.30. The average Bonchev–Trinajstić information content (AvgIpc) is 3.03. The van der Waals surface area contributed by atoms with Crippen LogP contribution in [0.4, 0.5) is 0 Å². The van der Waals surface area contributed by atoms with E-state index in [9.17, 15) is 0 Å². The summed E-state index contributed by atoms with van der Waals surface area (Å²) in [5.74, 6) is 1.05. The van der Waals surface area contributed by atoms with E-state index in [1.54, 1.807) is 0 Å². The molecular formula is C13H19N5. The van der Waals surface area contributed by atoms with Gasteiger partial charge in [-0.15, -0.1) is 10.2 Å². The topological polar surface area (TPSA) is 59.5 Å². The van der Waals surface area contributed by atoms with E-state index >= 15 is 0 Å². The molecule has 0 bridgehead atoms. The summed E-state index contributed by atoms with van der Waals surface area (Å²) in [6, 6.07) is 6.41. The van der Waals surface area contributed by atoms with Gasteiger partial charge in [-0.1, -0.05) is 13.0 Å². The Bertz CT molecular complexity index is 547. The van der Waals surface area contributed by atoms with Gasteiger partial charge in [0, 0.05) is 12.2 Å². The molecular weight excluding hydrogens is 226 g/mol. The molecule has 0 aliphatic carbocycles. The Hall–Kier alpha value is -1.46. The molecule has 3 heterocycles. The fraction of sp³-hybridized carbons (Fsp3) is 0.538. The highest BCUT2D eigenvalue weighted by molar-refractivity contribution is 5.40. The Morgan fingerprint density at radius 3 is 3.06 bits per heavy atom. The van der Waals surface area contributed by atoms with Crippen molar-refractivity contribution in [1.82, 2.24) is 19.5 Å². The van der Waals surface area contributed by atoms with Gasteiger partial charge in [-0.2, -0.15) is 0 Å². The van der Waals surface area contributed by atoms with E-state index in [0.717, 1.165) is 36.7 Å². The molecule has 1 aliphatic heterocycles. The number of nitrogens with two attached hydrogens (primary N) is 1. The summed E-state index contributed by atoms with van der Waals surface area (Å²) in [5.41, 5.74) is 7.80. The van der Waals surface area contributed by atoms with Gasteiger partial charge in [-0.3, -0.25) is 9.30 Å². The molecule has 1 saturated heterocycles. The maximum Gasteiger partial charge on any atom is 0.161 e. The zero-order chi connectivity index (χ0) is 12.5. The second kappa shape index (κ2) is 4.66. The first-order chi connectivity index (χ1) is 8.85. The van der Waals surface area contributed by atoms with Crippen LogP contribution in [0.5, 0.6) is 0 Å². The molecule has 1 aliphatic rings. The number of aromatic nitrogens is 3. The van der Waals surface area contributed by atoms with Crippen LogP contribution in [0.25, 0.3) is 5.65 Å². The summed E-state index contributed by atoms with van der Waals surface area (Å²) in [7, 11) is 0. The minimum Gasteiger partial charge on any atom is -0.325 e. The maximum atomic E-state index is 5.82. The lowest BCUT2D eigenvalue weighted by Crippen LogP contribution is -2.24. The van der Waals surface area contributed by atoms with Crippen LogP contribution in [0.2, 0.25) is 0 Å². The quantitative estimate of drug-likeness (QED) is 0.886. The van der Waals surface area contributed by atoms with Gasteiger partial charge in [0.05, 0.1) is 6.04 Å². The van der Waals surface area contributed by atoms with Crippen molar-refractivity contribution in [1.29, 1.82) is 0 Å². The highest BCUT2D eigenvalue weighted by atomic mass is 15.3. The Balaban J connectivity index is 2.11. The summed E-state index contributed by atoms with van der Waals surface area (Å²) in [6.07, 6.45) is 2.39. The molecule has 0 aromatic carbocycles. The Labute approximate surface area is 107 Å². The lowest BCUT2D eigenvalue weighted by molar-refractivity contribution is 0.260. The Morgan fingerprint density at radius 1 is 1.39 bits per heavy atom. The molecule has 18 heavy (non-hydrogen) atoms. The van der Waals surface area contributed by atoms with Gasteiger partial charge in [0.1, 0.15) is 0 Å². The van der Waals surface area contributed by atoms with Crippen molar-refractivity contribution in [2.24, 2.45) is 5.73 Å². The molecule has 1 atom stereocenters. The molecule has 1 fully saturated rings. The summed E-state index contributed by atoms with van der Waals surface area (Å²) in [6.45, 7) is 4.93. The van der Waals surface area contributed by atoms with Crippen LogP contribution in [0.15, 0.2) is 18.2 Å². The molecule has 5 nitrogen and oxygen atoms in total. The molecule has 2 aromatic rings. The molecule has 2 N–H and O–H groups in total. The van der Waals surface area contributed by atoms with Crippen molar-refractivity contribution in [3.63, 3.8) is 0 Å². The molecule has 96 valence electrons. The van der Waals surface area contributed by atoms with Gasteiger partial charge < -0.3 is 5.73 Å². The highest BCUT2D eigenvalue weighted by Gasteiger charge is 2.29. The predicted octanol–water partition coefficient (Wildman–Crippen LogP) is 1.34. The first-order valence-corrected chi connectivity index (χ1v) is 6.62. The van der Waals surface area contributed by atoms with E-state index in [1.165, 1.54) is 6.42 Å². The third kappa shape index (κ3) is 1.71. The molecule has 2 aromatic heterocycles. The second-order valence-corrected chi connectivity index (χ2v) is 4.76. The number of hydrogen-bond acceptors (Lipinski definition) is 4. The first-order valence-electron chi connectivity index (χ1n) is 6.62. The summed E-state index contributed by atoms with van der Waals surface area (Å²) in [4.78, 5) is 2.46. The van der Waals surface area contributed by atoms with Crippen LogP contribution in [0, 0.1) is 0 Å². The van der Waals surface area contributed by atoms with E-state index in [2.05, 4.69) is 26.4 Å². The summed E-state index contributed by atoms with van der Waals surface area (Å²) < 4.78 is 2.12. The van der Waals surface area contributed by atoms with Crippen LogP contribution < -0.4 is 5.73 Å². The molecule has 0 spiro atoms. The van der Waals surface area contributed by atoms with Crippen molar-refractivity contribution in [3.05, 3.63) is 29.7 Å². The monoisotopic (exact) mass is 245 g/mol. The summed E-state index contributed by atoms with van der Waals surface area (Å²) >= 11 is 0. The third-order valence-corrected chi connectivity index (χ3v) is 3.81. The van der Waals surface area contributed by atoms with E-state index in [1.807, 2.05) is 18.2 Å². The number of rotatable bonds is 3. The molecule has 0 radical (unpaired) electrons. The Kier molecular flexibility index (Phi) is 3.01. The number of likely N-dealkylation sites (tertiary alicyclic amines) is 1. The SMILES string of the molecule is CCN1CCCC1c1nnc2cccc(CN)n12. The fourth-order valence-electron chi connectivity index (χ4n) is 2.90. The lowest BCUT2D eigenvalue weighted by Gasteiger charge is -2.21. The molecule has 3 rings (SSSR count). The number of pyridine rings is 1. The molecule has 0 saturated carbocycles. The molecule has 5 heteroatoms. The van der Waals surface area contributed by atoms with Crippen LogP contribution in [0.3, 0.4) is 0 Å². The van der Waals surface area contributed by atoms with Crippen molar-refractivity contribution in [2.75, 3.05) is 13.1 Å². The van der Waals surface area contributed by atoms with E-state index in [0.29, 0.717) is 12.6 Å². The zero-order valence-corrected chi connectivity index (χ0v) is 10.7. The maximum absolute atomic E-state index is 5.82. The van der Waals surface area contributed by atoms with Gasteiger partial charge in [-0.25, -0.2) is 0 Å². The van der Waals surface area contributed by atoms with Crippen LogP contribution >= 0.6 is 0 Å². The largest absolute Gasteiger partial charge is 0.325 e. The smallest absolute Gasteiger partial charge is 0.161 e. The number of fused-ring (bicyclic) bond motifs is 1.